The quantitative estimate of drug-likeness (QED) is 0.796. The van der Waals surface area contributed by atoms with E-state index in [1.165, 1.54) is 12.8 Å². The molecule has 2 aromatic carbocycles. The van der Waals surface area contributed by atoms with E-state index in [-0.39, 0.29) is 17.7 Å². The van der Waals surface area contributed by atoms with Crippen molar-refractivity contribution < 1.29 is 9.90 Å². The number of phenolic OH excluding ortho intramolecular Hbond substituents is 1. The van der Waals surface area contributed by atoms with Gasteiger partial charge in [-0.2, -0.15) is 0 Å². The minimum absolute atomic E-state index is 0.0118. The van der Waals surface area contributed by atoms with Crippen molar-refractivity contribution >= 4 is 29.1 Å². The van der Waals surface area contributed by atoms with Gasteiger partial charge in [0.1, 0.15) is 5.75 Å². The van der Waals surface area contributed by atoms with E-state index in [0.717, 1.165) is 42.7 Å². The number of likely N-dealkylation sites (tertiary alicyclic amines) is 1. The van der Waals surface area contributed by atoms with E-state index < -0.39 is 0 Å². The fraction of sp³-hybridized carbons (Fsp3) is 0.409. The second-order valence-corrected chi connectivity index (χ2v) is 8.48. The molecule has 2 aliphatic heterocycles. The molecule has 6 heteroatoms. The second kappa shape index (κ2) is 8.32. The predicted molar refractivity (Wildman–Crippen MR) is 112 cm³/mol. The maximum Gasteiger partial charge on any atom is 0.227 e. The van der Waals surface area contributed by atoms with E-state index in [2.05, 4.69) is 4.90 Å². The predicted octanol–water partition coefficient (Wildman–Crippen LogP) is 4.46. The van der Waals surface area contributed by atoms with Crippen LogP contribution in [0.5, 0.6) is 5.75 Å². The van der Waals surface area contributed by atoms with Crippen molar-refractivity contribution in [3.8, 4) is 5.75 Å². The molecule has 1 saturated heterocycles. The molecule has 0 unspecified atom stereocenters. The second-order valence-electron chi connectivity index (χ2n) is 7.67. The summed E-state index contributed by atoms with van der Waals surface area (Å²) in [4.78, 5) is 17.6. The van der Waals surface area contributed by atoms with Crippen LogP contribution in [0.4, 0.5) is 0 Å². The number of rotatable bonds is 4. The van der Waals surface area contributed by atoms with Gasteiger partial charge in [-0.15, -0.1) is 0 Å². The number of hydrogen-bond donors (Lipinski definition) is 1. The van der Waals surface area contributed by atoms with Gasteiger partial charge < -0.3 is 14.9 Å². The van der Waals surface area contributed by atoms with Gasteiger partial charge in [-0.1, -0.05) is 35.3 Å². The van der Waals surface area contributed by atoms with Gasteiger partial charge in [-0.05, 0) is 73.3 Å². The number of hydrogen-bond acceptors (Lipinski definition) is 3. The molecular formula is C22H24Cl2N2O2. The average Bonchev–Trinajstić information content (AvgIpc) is 3.18. The first-order valence-corrected chi connectivity index (χ1v) is 10.5. The summed E-state index contributed by atoms with van der Waals surface area (Å²) in [6.45, 7) is 3.66. The molecule has 0 bridgehead atoms. The van der Waals surface area contributed by atoms with Gasteiger partial charge in [0, 0.05) is 13.1 Å². The lowest BCUT2D eigenvalue weighted by molar-refractivity contribution is -0.133. The minimum Gasteiger partial charge on any atom is -0.508 e. The molecule has 4 rings (SSSR count). The SMILES string of the molecule is O=C(Cc1ccc(Cl)c(Cl)c1)N1CCc2cc(O)ccc2[C@H]1CN1CCCC1. The van der Waals surface area contributed by atoms with Crippen LogP contribution in [-0.2, 0) is 17.6 Å². The standard InChI is InChI=1S/C22H24Cl2N2O2/c23-19-6-3-15(11-20(19)24)12-22(28)26-10-7-16-13-17(27)4-5-18(16)21(26)14-25-8-1-2-9-25/h3-6,11,13,21,27H,1-2,7-10,12,14H2/t21-/m1/s1. The first-order chi connectivity index (χ1) is 13.5. The molecule has 1 atom stereocenters. The van der Waals surface area contributed by atoms with Crippen molar-refractivity contribution in [2.45, 2.75) is 31.7 Å². The highest BCUT2D eigenvalue weighted by atomic mass is 35.5. The number of nitrogens with zero attached hydrogens (tertiary/aromatic N) is 2. The Balaban J connectivity index is 1.58. The zero-order valence-electron chi connectivity index (χ0n) is 15.7. The van der Waals surface area contributed by atoms with Crippen molar-refractivity contribution in [1.82, 2.24) is 9.80 Å². The van der Waals surface area contributed by atoms with Crippen LogP contribution >= 0.6 is 23.2 Å². The third-order valence-electron chi connectivity index (χ3n) is 5.77. The van der Waals surface area contributed by atoms with Crippen molar-refractivity contribution in [3.63, 3.8) is 0 Å². The van der Waals surface area contributed by atoms with Crippen LogP contribution in [0.15, 0.2) is 36.4 Å². The van der Waals surface area contributed by atoms with E-state index >= 15 is 0 Å². The Hall–Kier alpha value is -1.75. The Morgan fingerprint density at radius 1 is 1.04 bits per heavy atom. The van der Waals surface area contributed by atoms with Crippen molar-refractivity contribution in [2.24, 2.45) is 0 Å². The van der Waals surface area contributed by atoms with E-state index in [1.54, 1.807) is 18.2 Å². The summed E-state index contributed by atoms with van der Waals surface area (Å²) in [6, 6.07) is 10.9. The smallest absolute Gasteiger partial charge is 0.227 e. The fourth-order valence-corrected chi connectivity index (χ4v) is 4.65. The Morgan fingerprint density at radius 2 is 1.82 bits per heavy atom. The van der Waals surface area contributed by atoms with Gasteiger partial charge in [-0.3, -0.25) is 4.79 Å². The molecule has 148 valence electrons. The zero-order chi connectivity index (χ0) is 19.7. The Kier molecular flexibility index (Phi) is 5.81. The zero-order valence-corrected chi connectivity index (χ0v) is 17.2. The molecule has 1 fully saturated rings. The van der Waals surface area contributed by atoms with Gasteiger partial charge in [0.15, 0.2) is 0 Å². The third kappa shape index (κ3) is 4.14. The molecular weight excluding hydrogens is 395 g/mol. The number of carbonyl (C=O) groups excluding carboxylic acids is 1. The number of halogens is 2. The molecule has 0 aromatic heterocycles. The van der Waals surface area contributed by atoms with Crippen molar-refractivity contribution in [3.05, 3.63) is 63.1 Å². The number of fused-ring (bicyclic) bond motifs is 1. The first kappa shape index (κ1) is 19.6. The Bertz CT molecular complexity index is 881. The van der Waals surface area contributed by atoms with Crippen LogP contribution in [0.1, 0.15) is 35.6 Å². The van der Waals surface area contributed by atoms with Crippen LogP contribution in [0.3, 0.4) is 0 Å². The van der Waals surface area contributed by atoms with Gasteiger partial charge in [0.25, 0.3) is 0 Å². The monoisotopic (exact) mass is 418 g/mol. The molecule has 4 nitrogen and oxygen atoms in total. The van der Waals surface area contributed by atoms with Crippen LogP contribution in [0.25, 0.3) is 0 Å². The van der Waals surface area contributed by atoms with E-state index in [1.807, 2.05) is 23.1 Å². The number of amides is 1. The average molecular weight is 419 g/mol. The first-order valence-electron chi connectivity index (χ1n) is 9.79. The maximum atomic E-state index is 13.2. The summed E-state index contributed by atoms with van der Waals surface area (Å²) >= 11 is 12.1. The van der Waals surface area contributed by atoms with E-state index in [9.17, 15) is 9.90 Å². The van der Waals surface area contributed by atoms with Crippen LogP contribution in [-0.4, -0.2) is 47.0 Å². The van der Waals surface area contributed by atoms with Crippen LogP contribution in [0, 0.1) is 0 Å². The lowest BCUT2D eigenvalue weighted by Crippen LogP contribution is -2.45. The van der Waals surface area contributed by atoms with Gasteiger partial charge in [0.05, 0.1) is 22.5 Å². The normalized spacial score (nSPS) is 19.6. The van der Waals surface area contributed by atoms with Crippen molar-refractivity contribution in [1.29, 1.82) is 0 Å². The summed E-state index contributed by atoms with van der Waals surface area (Å²) in [5, 5.41) is 10.8. The summed E-state index contributed by atoms with van der Waals surface area (Å²) in [5.74, 6) is 0.385. The van der Waals surface area contributed by atoms with Gasteiger partial charge in [0.2, 0.25) is 5.91 Å². The number of aromatic hydroxyl groups is 1. The molecule has 0 saturated carbocycles. The Labute approximate surface area is 175 Å². The van der Waals surface area contributed by atoms with E-state index in [4.69, 9.17) is 23.2 Å². The number of benzene rings is 2. The van der Waals surface area contributed by atoms with Crippen LogP contribution < -0.4 is 0 Å². The highest BCUT2D eigenvalue weighted by molar-refractivity contribution is 6.42. The topological polar surface area (TPSA) is 43.8 Å². The summed E-state index contributed by atoms with van der Waals surface area (Å²) in [5.41, 5.74) is 3.16. The summed E-state index contributed by atoms with van der Waals surface area (Å²) < 4.78 is 0. The third-order valence-corrected chi connectivity index (χ3v) is 6.51. The largest absolute Gasteiger partial charge is 0.508 e. The summed E-state index contributed by atoms with van der Waals surface area (Å²) in [7, 11) is 0. The molecule has 1 amide bonds. The molecule has 28 heavy (non-hydrogen) atoms. The molecule has 2 heterocycles. The Morgan fingerprint density at radius 3 is 2.57 bits per heavy atom. The molecule has 2 aromatic rings. The lowest BCUT2D eigenvalue weighted by atomic mass is 9.91. The highest BCUT2D eigenvalue weighted by Gasteiger charge is 2.32. The number of phenols is 1. The molecule has 1 N–H and O–H groups in total. The van der Waals surface area contributed by atoms with Crippen LogP contribution in [0.2, 0.25) is 10.0 Å². The van der Waals surface area contributed by atoms with Gasteiger partial charge in [-0.25, -0.2) is 0 Å². The van der Waals surface area contributed by atoms with Gasteiger partial charge >= 0.3 is 0 Å². The molecule has 2 aliphatic rings. The fourth-order valence-electron chi connectivity index (χ4n) is 4.33. The summed E-state index contributed by atoms with van der Waals surface area (Å²) in [6.07, 6.45) is 3.49. The van der Waals surface area contributed by atoms with E-state index in [0.29, 0.717) is 23.0 Å². The number of carbonyl (C=O) groups is 1. The molecule has 0 radical (unpaired) electrons. The minimum atomic E-state index is 0.0118. The highest BCUT2D eigenvalue weighted by Crippen LogP contribution is 2.34. The lowest BCUT2D eigenvalue weighted by Gasteiger charge is -2.39. The molecule has 0 aliphatic carbocycles. The van der Waals surface area contributed by atoms with Crippen molar-refractivity contribution in [2.75, 3.05) is 26.2 Å². The maximum absolute atomic E-state index is 13.2. The molecule has 0 spiro atoms.